The topological polar surface area (TPSA) is 124 Å². The van der Waals surface area contributed by atoms with Gasteiger partial charge in [0.05, 0.1) is 27.7 Å². The fourth-order valence-electron chi connectivity index (χ4n) is 6.36. The molecule has 0 saturated carbocycles. The van der Waals surface area contributed by atoms with Crippen LogP contribution in [-0.4, -0.2) is 63.9 Å². The Labute approximate surface area is 344 Å². The molecule has 1 saturated heterocycles. The molecule has 3 heterocycles. The van der Waals surface area contributed by atoms with Crippen LogP contribution >= 0.6 is 34.8 Å². The van der Waals surface area contributed by atoms with Crippen molar-refractivity contribution in [1.29, 1.82) is 0 Å². The highest BCUT2D eigenvalue weighted by Crippen LogP contribution is 2.41. The molecule has 0 bridgehead atoms. The van der Waals surface area contributed by atoms with Crippen LogP contribution in [0.1, 0.15) is 60.7 Å². The molecule has 0 spiro atoms. The number of carbonyl (C=O) groups is 3. The monoisotopic (exact) mass is 825 g/mol. The van der Waals surface area contributed by atoms with Gasteiger partial charge in [0.25, 0.3) is 5.56 Å². The van der Waals surface area contributed by atoms with E-state index in [1.165, 1.54) is 21.6 Å². The molecular formula is C43H38Cl3N5O6. The molecule has 6 rings (SSSR count). The van der Waals surface area contributed by atoms with Gasteiger partial charge in [0.1, 0.15) is 17.0 Å². The molecule has 0 radical (unpaired) electrons. The van der Waals surface area contributed by atoms with Crippen LogP contribution < -0.4 is 15.6 Å². The number of aldehydes is 1. The van der Waals surface area contributed by atoms with E-state index in [4.69, 9.17) is 50.8 Å². The summed E-state index contributed by atoms with van der Waals surface area (Å²) in [5.74, 6) is 0.247. The quantitative estimate of drug-likeness (QED) is 0.0576. The van der Waals surface area contributed by atoms with E-state index in [1.807, 2.05) is 36.4 Å². The van der Waals surface area contributed by atoms with E-state index in [0.717, 1.165) is 0 Å². The van der Waals surface area contributed by atoms with Gasteiger partial charge in [-0.05, 0) is 68.1 Å². The predicted octanol–water partition coefficient (Wildman–Crippen LogP) is 9.29. The third-order valence-corrected chi connectivity index (χ3v) is 10.3. The average Bonchev–Trinajstić information content (AvgIpc) is 3.59. The molecule has 292 valence electrons. The standard InChI is InChI=1S/C43H38Cl3N5O6/c1-43(2,3)57-42(55)50(24-31-13-14-38(53)49-31)23-30-22-48-37-21-27(15-17-51(37)41(30)54)32-8-6-10-34(40(32)46)33-9-5-7-26(39(33)45)11-12-28-20-36(56-18-16-47-4)29(25-52)19-35(28)44/h5-12,15,17,19-22,25,31H,13-14,16,18,23-24H2,1-3H3,(H,49,53)/b12-11+/t31-/m0/s1. The van der Waals surface area contributed by atoms with Gasteiger partial charge >= 0.3 is 6.09 Å². The second-order valence-corrected chi connectivity index (χ2v) is 15.5. The van der Waals surface area contributed by atoms with Crippen molar-refractivity contribution in [1.82, 2.24) is 19.6 Å². The molecule has 1 atom stereocenters. The smallest absolute Gasteiger partial charge is 0.410 e. The van der Waals surface area contributed by atoms with Crippen LogP contribution in [0.2, 0.25) is 15.1 Å². The van der Waals surface area contributed by atoms with Gasteiger partial charge in [-0.2, -0.15) is 0 Å². The van der Waals surface area contributed by atoms with E-state index < -0.39 is 11.7 Å². The van der Waals surface area contributed by atoms with Gasteiger partial charge in [-0.25, -0.2) is 16.4 Å². The lowest BCUT2D eigenvalue weighted by Gasteiger charge is -2.29. The first-order valence-electron chi connectivity index (χ1n) is 18.0. The summed E-state index contributed by atoms with van der Waals surface area (Å²) in [6.45, 7) is 12.7. The summed E-state index contributed by atoms with van der Waals surface area (Å²) in [4.78, 5) is 59.7. The van der Waals surface area contributed by atoms with Crippen molar-refractivity contribution in [2.75, 3.05) is 19.7 Å². The van der Waals surface area contributed by atoms with Gasteiger partial charge < -0.3 is 24.5 Å². The fourth-order valence-corrected chi connectivity index (χ4v) is 7.23. The Kier molecular flexibility index (Phi) is 12.7. The number of aromatic nitrogens is 2. The fraction of sp³-hybridized carbons (Fsp3) is 0.256. The maximum Gasteiger partial charge on any atom is 0.410 e. The van der Waals surface area contributed by atoms with Crippen molar-refractivity contribution in [3.05, 3.63) is 132 Å². The Morgan fingerprint density at radius 3 is 2.42 bits per heavy atom. The number of benzene rings is 3. The molecule has 57 heavy (non-hydrogen) atoms. The Balaban J connectivity index is 1.27. The number of nitrogens with zero attached hydrogens (tertiary/aromatic N) is 4. The number of amides is 2. The van der Waals surface area contributed by atoms with E-state index in [1.54, 1.807) is 57.3 Å². The maximum absolute atomic E-state index is 13.7. The highest BCUT2D eigenvalue weighted by Gasteiger charge is 2.29. The van der Waals surface area contributed by atoms with Crippen molar-refractivity contribution in [2.45, 2.75) is 51.8 Å². The zero-order chi connectivity index (χ0) is 40.9. The largest absolute Gasteiger partial charge is 0.485 e. The molecule has 1 aliphatic heterocycles. The molecule has 14 heteroatoms. The Hall–Kier alpha value is -5.67. The summed E-state index contributed by atoms with van der Waals surface area (Å²) in [6, 6.07) is 17.6. The lowest BCUT2D eigenvalue weighted by molar-refractivity contribution is -0.119. The minimum absolute atomic E-state index is 0.0557. The summed E-state index contributed by atoms with van der Waals surface area (Å²) in [6.07, 6.45) is 7.65. The third-order valence-electron chi connectivity index (χ3n) is 9.11. The number of halogens is 3. The van der Waals surface area contributed by atoms with Crippen LogP contribution in [0, 0.1) is 6.57 Å². The molecule has 1 N–H and O–H groups in total. The lowest BCUT2D eigenvalue weighted by Crippen LogP contribution is -2.44. The van der Waals surface area contributed by atoms with E-state index in [-0.39, 0.29) is 54.9 Å². The van der Waals surface area contributed by atoms with E-state index in [2.05, 4.69) is 15.1 Å². The van der Waals surface area contributed by atoms with Crippen LogP contribution in [0.3, 0.4) is 0 Å². The van der Waals surface area contributed by atoms with E-state index in [0.29, 0.717) is 79.0 Å². The molecule has 0 unspecified atom stereocenters. The maximum atomic E-state index is 13.7. The second-order valence-electron chi connectivity index (χ2n) is 14.4. The zero-order valence-electron chi connectivity index (χ0n) is 31.4. The SMILES string of the molecule is [C-]#[N+]CCOc1cc(/C=C/c2cccc(-c3cccc(-c4ccn5c(=O)c(CN(C[C@@H]6CCC(=O)N6)C(=O)OC(C)(C)C)cnc5c4)c3Cl)c2Cl)c(Cl)cc1C=O. The molecule has 2 aromatic heterocycles. The summed E-state index contributed by atoms with van der Waals surface area (Å²) < 4.78 is 12.7. The Bertz CT molecular complexity index is 2500. The van der Waals surface area contributed by atoms with Gasteiger partial charge in [-0.15, -0.1) is 0 Å². The summed E-state index contributed by atoms with van der Waals surface area (Å²) in [7, 11) is 0. The predicted molar refractivity (Wildman–Crippen MR) is 223 cm³/mol. The number of nitrogens with one attached hydrogen (secondary N) is 1. The van der Waals surface area contributed by atoms with Crippen molar-refractivity contribution in [3.63, 3.8) is 0 Å². The summed E-state index contributed by atoms with van der Waals surface area (Å²) >= 11 is 20.6. The van der Waals surface area contributed by atoms with Gasteiger partial charge in [-0.3, -0.25) is 18.8 Å². The molecule has 0 aliphatic carbocycles. The van der Waals surface area contributed by atoms with Crippen molar-refractivity contribution >= 4 is 70.9 Å². The first-order valence-corrected chi connectivity index (χ1v) is 19.2. The van der Waals surface area contributed by atoms with Gasteiger partial charge in [0.2, 0.25) is 12.5 Å². The second kappa shape index (κ2) is 17.6. The van der Waals surface area contributed by atoms with Crippen molar-refractivity contribution < 1.29 is 23.9 Å². The number of rotatable bonds is 12. The molecular weight excluding hydrogens is 789 g/mol. The van der Waals surface area contributed by atoms with Crippen LogP contribution in [0.15, 0.2) is 77.9 Å². The number of ether oxygens (including phenoxy) is 2. The molecule has 5 aromatic rings. The van der Waals surface area contributed by atoms with Crippen LogP contribution in [0.5, 0.6) is 5.75 Å². The first kappa shape index (κ1) is 41.0. The number of pyridine rings is 1. The third kappa shape index (κ3) is 9.66. The van der Waals surface area contributed by atoms with Crippen molar-refractivity contribution in [2.24, 2.45) is 0 Å². The molecule has 3 aromatic carbocycles. The Morgan fingerprint density at radius 2 is 1.72 bits per heavy atom. The van der Waals surface area contributed by atoms with Crippen LogP contribution in [0.4, 0.5) is 4.79 Å². The molecule has 1 aliphatic rings. The van der Waals surface area contributed by atoms with Crippen molar-refractivity contribution in [3.8, 4) is 28.0 Å². The van der Waals surface area contributed by atoms with Gasteiger partial charge in [0.15, 0.2) is 12.9 Å². The van der Waals surface area contributed by atoms with E-state index >= 15 is 0 Å². The number of carbonyl (C=O) groups excluding carboxylic acids is 3. The van der Waals surface area contributed by atoms with Gasteiger partial charge in [0, 0.05) is 53.1 Å². The number of fused-ring (bicyclic) bond motifs is 1. The van der Waals surface area contributed by atoms with Crippen LogP contribution in [0.25, 0.3) is 44.9 Å². The normalized spacial score (nSPS) is 14.1. The number of hydrogen-bond acceptors (Lipinski definition) is 7. The minimum Gasteiger partial charge on any atom is -0.485 e. The highest BCUT2D eigenvalue weighted by molar-refractivity contribution is 6.39. The molecule has 2 amide bonds. The molecule has 1 fully saturated rings. The minimum atomic E-state index is -0.756. The molecule has 11 nitrogen and oxygen atoms in total. The van der Waals surface area contributed by atoms with Gasteiger partial charge in [-0.1, -0.05) is 83.4 Å². The summed E-state index contributed by atoms with van der Waals surface area (Å²) in [5, 5.41) is 4.09. The summed E-state index contributed by atoms with van der Waals surface area (Å²) in [5.41, 5.74) is 3.88. The van der Waals surface area contributed by atoms with E-state index in [9.17, 15) is 19.2 Å². The van der Waals surface area contributed by atoms with Crippen LogP contribution in [-0.2, 0) is 16.1 Å². The lowest BCUT2D eigenvalue weighted by atomic mass is 9.97. The number of hydrogen-bond donors (Lipinski definition) is 1. The highest BCUT2D eigenvalue weighted by atomic mass is 35.5. The average molecular weight is 827 g/mol. The first-order chi connectivity index (χ1) is 27.3. The Morgan fingerprint density at radius 1 is 1.00 bits per heavy atom. The zero-order valence-corrected chi connectivity index (χ0v) is 33.6.